The number of likely N-dealkylation sites (N-methyl/N-ethyl adjacent to an activating group) is 1. The van der Waals surface area contributed by atoms with Gasteiger partial charge >= 0.3 is 6.09 Å². The van der Waals surface area contributed by atoms with Crippen molar-refractivity contribution in [2.24, 2.45) is 5.73 Å². The zero-order chi connectivity index (χ0) is 39.0. The van der Waals surface area contributed by atoms with Crippen LogP contribution < -0.4 is 31.9 Å². The number of nitrogens with one attached hydrogen (secondary N) is 4. The maximum absolute atomic E-state index is 13.8. The average Bonchev–Trinajstić information content (AvgIpc) is 3.11. The number of nitrogens with two attached hydrogens (primary N) is 1. The van der Waals surface area contributed by atoms with Crippen LogP contribution in [0.5, 0.6) is 0 Å². The first-order chi connectivity index (χ1) is 25.2. The molecular formula is C40H60N6O7. The van der Waals surface area contributed by atoms with Crippen LogP contribution in [0.1, 0.15) is 89.8 Å². The molecule has 0 radical (unpaired) electrons. The number of hydrogen-bond acceptors (Lipinski definition) is 10. The van der Waals surface area contributed by atoms with E-state index >= 15 is 0 Å². The topological polar surface area (TPSA) is 173 Å². The number of anilines is 1. The van der Waals surface area contributed by atoms with E-state index in [-0.39, 0.29) is 61.8 Å². The molecule has 1 heterocycles. The van der Waals surface area contributed by atoms with Crippen molar-refractivity contribution in [2.45, 2.75) is 96.9 Å². The van der Waals surface area contributed by atoms with E-state index in [1.807, 2.05) is 76.2 Å². The van der Waals surface area contributed by atoms with E-state index < -0.39 is 11.7 Å². The number of alkyl carbamates (subject to hydrolysis) is 1. The monoisotopic (exact) mass is 736 g/mol. The van der Waals surface area contributed by atoms with Crippen LogP contribution in [-0.2, 0) is 35.1 Å². The zero-order valence-corrected chi connectivity index (χ0v) is 32.6. The van der Waals surface area contributed by atoms with Crippen LogP contribution in [0.25, 0.3) is 11.4 Å². The van der Waals surface area contributed by atoms with Crippen molar-refractivity contribution in [3.63, 3.8) is 0 Å². The first kappa shape index (κ1) is 42.9. The molecule has 292 valence electrons. The fraction of sp³-hybridized carbons (Fsp3) is 0.550. The molecule has 1 aliphatic heterocycles. The minimum atomic E-state index is -0.674. The molecule has 13 nitrogen and oxygen atoms in total. The SMILES string of the molecule is CNC(CCCCNC(=O)OCCN/C1=C(\N)c2ccccc2N(C(=O)CCNC(=O)CC(C)(C)OCCC(C)(C)OC)Cc2ccccc21)C(C)=O. The number of nitrogens with zero attached hydrogens (tertiary/aromatic N) is 1. The minimum Gasteiger partial charge on any atom is -0.448 e. The lowest BCUT2D eigenvalue weighted by atomic mass is 9.96. The Kier molecular flexibility index (Phi) is 16.8. The molecule has 0 aromatic heterocycles. The number of rotatable bonds is 21. The summed E-state index contributed by atoms with van der Waals surface area (Å²) < 4.78 is 16.8. The van der Waals surface area contributed by atoms with Gasteiger partial charge in [-0.2, -0.15) is 0 Å². The van der Waals surface area contributed by atoms with Crippen molar-refractivity contribution >= 4 is 40.8 Å². The van der Waals surface area contributed by atoms with Gasteiger partial charge in [0.1, 0.15) is 12.4 Å². The Hall–Kier alpha value is -4.46. The van der Waals surface area contributed by atoms with E-state index in [9.17, 15) is 19.2 Å². The number of amides is 3. The van der Waals surface area contributed by atoms with Crippen LogP contribution in [0.15, 0.2) is 48.5 Å². The minimum absolute atomic E-state index is 0.0918. The number of fused-ring (bicyclic) bond motifs is 2. The standard InChI is InChI=1S/C40H60N6O7/c1-28(47)32(42-6)17-12-13-21-45-38(50)52-25-23-44-37-30-15-9-8-14-29(30)27-46(33-18-11-10-16-31(33)36(37)41)35(49)19-22-43-34(48)26-40(4,5)53-24-20-39(2,3)51-7/h8-11,14-16,18,32,42,44H,12-13,17,19-27,41H2,1-7H3,(H,43,48)(H,45,50)/b37-36-. The molecule has 53 heavy (non-hydrogen) atoms. The van der Waals surface area contributed by atoms with E-state index in [0.29, 0.717) is 55.2 Å². The van der Waals surface area contributed by atoms with E-state index in [4.69, 9.17) is 19.9 Å². The lowest BCUT2D eigenvalue weighted by molar-refractivity contribution is -0.128. The van der Waals surface area contributed by atoms with Gasteiger partial charge in [0, 0.05) is 44.3 Å². The third kappa shape index (κ3) is 13.8. The smallest absolute Gasteiger partial charge is 0.407 e. The third-order valence-corrected chi connectivity index (χ3v) is 9.33. The number of hydrogen-bond donors (Lipinski definition) is 5. The highest BCUT2D eigenvalue weighted by molar-refractivity contribution is 6.01. The summed E-state index contributed by atoms with van der Waals surface area (Å²) >= 11 is 0. The van der Waals surface area contributed by atoms with Gasteiger partial charge in [0.05, 0.1) is 53.9 Å². The second kappa shape index (κ2) is 20.7. The molecule has 0 saturated heterocycles. The molecule has 1 atom stereocenters. The number of benzene rings is 2. The molecule has 1 unspecified atom stereocenters. The Morgan fingerprint density at radius 1 is 0.887 bits per heavy atom. The van der Waals surface area contributed by atoms with E-state index in [1.165, 1.54) is 0 Å². The molecule has 0 bridgehead atoms. The van der Waals surface area contributed by atoms with Crippen LogP contribution in [0.4, 0.5) is 10.5 Å². The Balaban J connectivity index is 1.60. The summed E-state index contributed by atoms with van der Waals surface area (Å²) in [5.74, 6) is -0.252. The summed E-state index contributed by atoms with van der Waals surface area (Å²) in [5, 5.41) is 12.0. The first-order valence-electron chi connectivity index (χ1n) is 18.4. The molecule has 0 aliphatic carbocycles. The number of unbranched alkanes of at least 4 members (excludes halogenated alkanes) is 1. The molecule has 2 aromatic rings. The maximum atomic E-state index is 13.8. The maximum Gasteiger partial charge on any atom is 0.407 e. The lowest BCUT2D eigenvalue weighted by Crippen LogP contribution is -2.38. The predicted octanol–water partition coefficient (Wildman–Crippen LogP) is 4.49. The molecule has 0 saturated carbocycles. The summed E-state index contributed by atoms with van der Waals surface area (Å²) in [4.78, 5) is 52.2. The van der Waals surface area contributed by atoms with Gasteiger partial charge in [0.25, 0.3) is 0 Å². The van der Waals surface area contributed by atoms with Crippen molar-refractivity contribution in [3.8, 4) is 0 Å². The van der Waals surface area contributed by atoms with Crippen LogP contribution in [0.2, 0.25) is 0 Å². The third-order valence-electron chi connectivity index (χ3n) is 9.33. The molecule has 0 fully saturated rings. The summed E-state index contributed by atoms with van der Waals surface area (Å²) in [7, 11) is 3.43. The van der Waals surface area contributed by atoms with Gasteiger partial charge in [-0.3, -0.25) is 14.4 Å². The van der Waals surface area contributed by atoms with Crippen LogP contribution >= 0.6 is 0 Å². The summed E-state index contributed by atoms with van der Waals surface area (Å²) in [6.45, 7) is 11.1. The molecule has 2 aromatic carbocycles. The van der Waals surface area contributed by atoms with Crippen LogP contribution in [0, 0.1) is 0 Å². The lowest BCUT2D eigenvalue weighted by Gasteiger charge is -2.30. The Morgan fingerprint density at radius 3 is 2.28 bits per heavy atom. The van der Waals surface area contributed by atoms with Crippen molar-refractivity contribution in [1.29, 1.82) is 0 Å². The van der Waals surface area contributed by atoms with Crippen molar-refractivity contribution in [1.82, 2.24) is 21.3 Å². The van der Waals surface area contributed by atoms with Gasteiger partial charge in [-0.15, -0.1) is 0 Å². The van der Waals surface area contributed by atoms with Gasteiger partial charge in [-0.1, -0.05) is 42.5 Å². The van der Waals surface area contributed by atoms with Crippen LogP contribution in [0.3, 0.4) is 0 Å². The van der Waals surface area contributed by atoms with E-state index in [1.54, 1.807) is 26.0 Å². The molecular weight excluding hydrogens is 676 g/mol. The Morgan fingerprint density at radius 2 is 1.58 bits per heavy atom. The highest BCUT2D eigenvalue weighted by Crippen LogP contribution is 2.34. The Labute approximate surface area is 314 Å². The van der Waals surface area contributed by atoms with Gasteiger partial charge in [0.15, 0.2) is 0 Å². The van der Waals surface area contributed by atoms with Gasteiger partial charge in [-0.05, 0) is 79.0 Å². The second-order valence-corrected chi connectivity index (χ2v) is 14.5. The van der Waals surface area contributed by atoms with Gasteiger partial charge in [0.2, 0.25) is 11.8 Å². The number of ether oxygens (including phenoxy) is 3. The molecule has 13 heteroatoms. The average molecular weight is 737 g/mol. The van der Waals surface area contributed by atoms with Gasteiger partial charge in [-0.25, -0.2) is 4.79 Å². The van der Waals surface area contributed by atoms with E-state index in [0.717, 1.165) is 24.0 Å². The molecule has 3 amide bonds. The number of methoxy groups -OCH3 is 1. The predicted molar refractivity (Wildman–Crippen MR) is 208 cm³/mol. The summed E-state index contributed by atoms with van der Waals surface area (Å²) in [6.07, 6.45) is 2.66. The fourth-order valence-corrected chi connectivity index (χ4v) is 5.99. The molecule has 3 rings (SSSR count). The Bertz CT molecular complexity index is 1570. The second-order valence-electron chi connectivity index (χ2n) is 14.5. The normalized spacial score (nSPS) is 15.0. The molecule has 0 spiro atoms. The quantitative estimate of drug-likeness (QED) is 0.115. The number of carbonyl (C=O) groups excluding carboxylic acids is 4. The molecule has 6 N–H and O–H groups in total. The number of ketones is 1. The number of para-hydroxylation sites is 1. The zero-order valence-electron chi connectivity index (χ0n) is 32.6. The summed E-state index contributed by atoms with van der Waals surface area (Å²) in [6, 6.07) is 15.0. The highest BCUT2D eigenvalue weighted by atomic mass is 16.5. The number of carbonyl (C=O) groups is 4. The largest absolute Gasteiger partial charge is 0.448 e. The first-order valence-corrected chi connectivity index (χ1v) is 18.4. The molecule has 1 aliphatic rings. The van der Waals surface area contributed by atoms with Crippen molar-refractivity contribution in [3.05, 3.63) is 65.2 Å². The number of Topliss-reactive ketones (excluding diaryl/α,β-unsaturated/α-hetero) is 1. The fourth-order valence-electron chi connectivity index (χ4n) is 5.99. The van der Waals surface area contributed by atoms with E-state index in [2.05, 4.69) is 21.3 Å². The van der Waals surface area contributed by atoms with Crippen LogP contribution in [-0.4, -0.2) is 87.9 Å². The summed E-state index contributed by atoms with van der Waals surface area (Å²) in [5.41, 5.74) is 10.0. The highest BCUT2D eigenvalue weighted by Gasteiger charge is 2.28. The van der Waals surface area contributed by atoms with Crippen molar-refractivity contribution < 1.29 is 33.4 Å². The van der Waals surface area contributed by atoms with Crippen molar-refractivity contribution in [2.75, 3.05) is 51.9 Å². The van der Waals surface area contributed by atoms with Gasteiger partial charge < -0.3 is 46.1 Å².